The third kappa shape index (κ3) is 5.28. The Morgan fingerprint density at radius 1 is 1.29 bits per heavy atom. The van der Waals surface area contributed by atoms with E-state index >= 15 is 0 Å². The first kappa shape index (κ1) is 17.9. The zero-order chi connectivity index (χ0) is 16.4. The molecule has 0 aliphatic heterocycles. The smallest absolute Gasteiger partial charge is 0.396 e. The second kappa shape index (κ2) is 6.75. The maximum atomic E-state index is 12.6. The highest BCUT2D eigenvalue weighted by molar-refractivity contribution is 6.39. The average molecular weight is 343 g/mol. The van der Waals surface area contributed by atoms with Crippen molar-refractivity contribution in [1.82, 2.24) is 4.90 Å². The SMILES string of the molecule is CC(C)CN(CC(F)(F)F)C(=O)c1cc(Cl)c(N)c(Cl)c1. The second-order valence-corrected chi connectivity index (χ2v) is 5.86. The van der Waals surface area contributed by atoms with Gasteiger partial charge in [0.15, 0.2) is 0 Å². The van der Waals surface area contributed by atoms with Gasteiger partial charge in [-0.05, 0) is 18.1 Å². The number of carbonyl (C=O) groups excluding carboxylic acids is 1. The van der Waals surface area contributed by atoms with Crippen molar-refractivity contribution in [2.75, 3.05) is 18.8 Å². The fourth-order valence-corrected chi connectivity index (χ4v) is 2.25. The monoisotopic (exact) mass is 342 g/mol. The highest BCUT2D eigenvalue weighted by atomic mass is 35.5. The lowest BCUT2D eigenvalue weighted by Crippen LogP contribution is -2.41. The molecule has 0 saturated heterocycles. The van der Waals surface area contributed by atoms with E-state index in [0.717, 1.165) is 4.90 Å². The first-order chi connectivity index (χ1) is 9.51. The van der Waals surface area contributed by atoms with Crippen LogP contribution in [0.3, 0.4) is 0 Å². The van der Waals surface area contributed by atoms with Gasteiger partial charge in [-0.25, -0.2) is 0 Å². The Labute approximate surface area is 130 Å². The molecule has 0 aromatic heterocycles. The summed E-state index contributed by atoms with van der Waals surface area (Å²) in [5, 5.41) is 0.0599. The number of nitrogens with two attached hydrogens (primary N) is 1. The molecule has 1 aromatic rings. The number of nitrogen functional groups attached to an aromatic ring is 1. The predicted octanol–water partition coefficient (Wildman–Crippen LogP) is 4.24. The van der Waals surface area contributed by atoms with Crippen LogP contribution in [0.15, 0.2) is 12.1 Å². The van der Waals surface area contributed by atoms with Crippen molar-refractivity contribution < 1.29 is 18.0 Å². The van der Waals surface area contributed by atoms with Crippen LogP contribution in [-0.2, 0) is 0 Å². The van der Waals surface area contributed by atoms with Gasteiger partial charge in [0.2, 0.25) is 0 Å². The van der Waals surface area contributed by atoms with E-state index in [0.29, 0.717) is 0 Å². The summed E-state index contributed by atoms with van der Waals surface area (Å²) in [5.74, 6) is -0.902. The number of carbonyl (C=O) groups is 1. The Hall–Kier alpha value is -1.14. The minimum absolute atomic E-state index is 0.0240. The lowest BCUT2D eigenvalue weighted by Gasteiger charge is -2.26. The van der Waals surface area contributed by atoms with Crippen LogP contribution in [0.1, 0.15) is 24.2 Å². The molecule has 1 rings (SSSR count). The summed E-state index contributed by atoms with van der Waals surface area (Å²) in [5.41, 5.74) is 5.60. The summed E-state index contributed by atoms with van der Waals surface area (Å²) in [6.07, 6.45) is -4.48. The van der Waals surface area contributed by atoms with E-state index in [1.54, 1.807) is 13.8 Å². The standard InChI is InChI=1S/C13H15Cl2F3N2O/c1-7(2)5-20(6-13(16,17)18)12(21)8-3-9(14)11(19)10(15)4-8/h3-4,7H,5-6,19H2,1-2H3. The molecule has 0 unspecified atom stereocenters. The van der Waals surface area contributed by atoms with Crippen LogP contribution in [0, 0.1) is 5.92 Å². The lowest BCUT2D eigenvalue weighted by molar-refractivity contribution is -0.141. The lowest BCUT2D eigenvalue weighted by atomic mass is 10.1. The van der Waals surface area contributed by atoms with Crippen LogP contribution < -0.4 is 5.73 Å². The quantitative estimate of drug-likeness (QED) is 0.832. The summed E-state index contributed by atoms with van der Waals surface area (Å²) in [6.45, 7) is 2.08. The maximum absolute atomic E-state index is 12.6. The molecule has 1 aromatic carbocycles. The fraction of sp³-hybridized carbons (Fsp3) is 0.462. The van der Waals surface area contributed by atoms with Gasteiger partial charge in [-0.1, -0.05) is 37.0 Å². The maximum Gasteiger partial charge on any atom is 0.406 e. The van der Waals surface area contributed by atoms with Gasteiger partial charge in [0, 0.05) is 12.1 Å². The Kier molecular flexibility index (Phi) is 5.75. The second-order valence-electron chi connectivity index (χ2n) is 5.05. The number of halogens is 5. The van der Waals surface area contributed by atoms with Crippen molar-refractivity contribution in [2.45, 2.75) is 20.0 Å². The van der Waals surface area contributed by atoms with E-state index in [9.17, 15) is 18.0 Å². The Morgan fingerprint density at radius 3 is 2.14 bits per heavy atom. The zero-order valence-corrected chi connectivity index (χ0v) is 13.0. The van der Waals surface area contributed by atoms with Crippen LogP contribution in [0.4, 0.5) is 18.9 Å². The molecule has 2 N–H and O–H groups in total. The number of hydrogen-bond donors (Lipinski definition) is 1. The van der Waals surface area contributed by atoms with Crippen LogP contribution >= 0.6 is 23.2 Å². The van der Waals surface area contributed by atoms with Crippen molar-refractivity contribution in [3.8, 4) is 0 Å². The highest BCUT2D eigenvalue weighted by Gasteiger charge is 2.33. The number of rotatable bonds is 4. The molecule has 0 radical (unpaired) electrons. The molecule has 0 atom stereocenters. The minimum Gasteiger partial charge on any atom is -0.396 e. The molecule has 0 aliphatic rings. The molecule has 118 valence electrons. The average Bonchev–Trinajstić information content (AvgIpc) is 2.31. The molecular formula is C13H15Cl2F3N2O. The Morgan fingerprint density at radius 2 is 1.76 bits per heavy atom. The molecule has 0 heterocycles. The predicted molar refractivity (Wildman–Crippen MR) is 77.7 cm³/mol. The highest BCUT2D eigenvalue weighted by Crippen LogP contribution is 2.30. The van der Waals surface area contributed by atoms with Gasteiger partial charge < -0.3 is 10.6 Å². The van der Waals surface area contributed by atoms with Crippen LogP contribution in [0.2, 0.25) is 10.0 Å². The van der Waals surface area contributed by atoms with E-state index in [-0.39, 0.29) is 33.8 Å². The summed E-state index contributed by atoms with van der Waals surface area (Å²) in [4.78, 5) is 13.0. The first-order valence-electron chi connectivity index (χ1n) is 6.11. The molecule has 0 aliphatic carbocycles. The van der Waals surface area contributed by atoms with Gasteiger partial charge in [0.05, 0.1) is 15.7 Å². The summed E-state index contributed by atoms with van der Waals surface area (Å²) < 4.78 is 37.8. The van der Waals surface area contributed by atoms with Gasteiger partial charge in [-0.2, -0.15) is 13.2 Å². The van der Waals surface area contributed by atoms with Gasteiger partial charge in [0.1, 0.15) is 6.54 Å². The van der Waals surface area contributed by atoms with E-state index in [4.69, 9.17) is 28.9 Å². The summed E-state index contributed by atoms with van der Waals surface area (Å²) in [7, 11) is 0. The number of benzene rings is 1. The van der Waals surface area contributed by atoms with Crippen LogP contribution in [-0.4, -0.2) is 30.1 Å². The van der Waals surface area contributed by atoms with E-state index in [2.05, 4.69) is 0 Å². The number of hydrogen-bond acceptors (Lipinski definition) is 2. The third-order valence-corrected chi connectivity index (χ3v) is 3.19. The number of alkyl halides is 3. The Bertz CT molecular complexity index is 510. The van der Waals surface area contributed by atoms with E-state index in [1.807, 2.05) is 0 Å². The molecule has 0 saturated carbocycles. The zero-order valence-electron chi connectivity index (χ0n) is 11.5. The minimum atomic E-state index is -4.48. The van der Waals surface area contributed by atoms with Gasteiger partial charge >= 0.3 is 6.18 Å². The largest absolute Gasteiger partial charge is 0.406 e. The van der Waals surface area contributed by atoms with Crippen molar-refractivity contribution in [3.05, 3.63) is 27.7 Å². The Balaban J connectivity index is 3.10. The topological polar surface area (TPSA) is 46.3 Å². The molecule has 0 fully saturated rings. The van der Waals surface area contributed by atoms with E-state index < -0.39 is 18.6 Å². The number of nitrogens with zero attached hydrogens (tertiary/aromatic N) is 1. The molecule has 8 heteroatoms. The third-order valence-electron chi connectivity index (χ3n) is 2.57. The first-order valence-corrected chi connectivity index (χ1v) is 6.87. The van der Waals surface area contributed by atoms with Gasteiger partial charge in [0.25, 0.3) is 5.91 Å². The molecular weight excluding hydrogens is 328 g/mol. The van der Waals surface area contributed by atoms with Crippen molar-refractivity contribution in [3.63, 3.8) is 0 Å². The van der Waals surface area contributed by atoms with Crippen molar-refractivity contribution in [2.24, 2.45) is 5.92 Å². The van der Waals surface area contributed by atoms with Crippen LogP contribution in [0.25, 0.3) is 0 Å². The van der Waals surface area contributed by atoms with Crippen molar-refractivity contribution in [1.29, 1.82) is 0 Å². The van der Waals surface area contributed by atoms with Gasteiger partial charge in [-0.15, -0.1) is 0 Å². The number of amides is 1. The number of anilines is 1. The molecule has 1 amide bonds. The molecule has 3 nitrogen and oxygen atoms in total. The van der Waals surface area contributed by atoms with Crippen LogP contribution in [0.5, 0.6) is 0 Å². The fourth-order valence-electron chi connectivity index (χ4n) is 1.77. The summed E-state index contributed by atoms with van der Waals surface area (Å²) >= 11 is 11.6. The van der Waals surface area contributed by atoms with Crippen molar-refractivity contribution >= 4 is 34.8 Å². The molecule has 0 bridgehead atoms. The van der Waals surface area contributed by atoms with Gasteiger partial charge in [-0.3, -0.25) is 4.79 Å². The normalized spacial score (nSPS) is 11.8. The molecule has 21 heavy (non-hydrogen) atoms. The molecule has 0 spiro atoms. The summed E-state index contributed by atoms with van der Waals surface area (Å²) in [6, 6.07) is 2.43. The van der Waals surface area contributed by atoms with E-state index in [1.165, 1.54) is 12.1 Å².